The maximum Gasteiger partial charge on any atom is 0.309 e. The standard InChI is InChI=1S/C21H39NO5/c1-8-17-21(6,25)18(23)15(4)22(7)12-16-11-20(5,27-16)10-13(2)9-14(3)19(24)26-17/h13-18,23,25H,8-12H2,1-7H3/t13-,14+,15+,16+,17+,18+,20-,21+/m0/s1. The SMILES string of the molecule is CC[C@H]1OC(=O)[C@H](C)C[C@H](C)C[C@@]2(C)C[C@H](CN(C)[C@H](C)[C@@H](O)[C@]1(C)O)O2. The third-order valence-corrected chi connectivity index (χ3v) is 6.57. The van der Waals surface area contributed by atoms with E-state index in [2.05, 4.69) is 13.8 Å². The monoisotopic (exact) mass is 385 g/mol. The van der Waals surface area contributed by atoms with Crippen LogP contribution in [0, 0.1) is 11.8 Å². The first kappa shape index (κ1) is 22.6. The number of fused-ring (bicyclic) bond motifs is 11. The molecule has 27 heavy (non-hydrogen) atoms. The molecule has 3 heterocycles. The molecule has 3 saturated heterocycles. The van der Waals surface area contributed by atoms with Crippen molar-refractivity contribution in [3.63, 3.8) is 0 Å². The minimum atomic E-state index is -1.53. The first-order valence-corrected chi connectivity index (χ1v) is 10.4. The predicted octanol–water partition coefficient (Wildman–Crippen LogP) is 2.35. The van der Waals surface area contributed by atoms with Crippen LogP contribution in [0.5, 0.6) is 0 Å². The molecule has 8 atom stereocenters. The molecule has 0 saturated carbocycles. The molecular weight excluding hydrogens is 346 g/mol. The highest BCUT2D eigenvalue weighted by Crippen LogP contribution is 2.40. The molecule has 2 N–H and O–H groups in total. The molecule has 0 aromatic heterocycles. The van der Waals surface area contributed by atoms with Crippen LogP contribution < -0.4 is 0 Å². The first-order valence-electron chi connectivity index (χ1n) is 10.4. The Hall–Kier alpha value is -0.690. The topological polar surface area (TPSA) is 79.2 Å². The van der Waals surface area contributed by atoms with E-state index in [1.165, 1.54) is 0 Å². The van der Waals surface area contributed by atoms with Gasteiger partial charge in [-0.25, -0.2) is 0 Å². The molecule has 3 fully saturated rings. The van der Waals surface area contributed by atoms with E-state index in [1.807, 2.05) is 32.7 Å². The van der Waals surface area contributed by atoms with Crippen LogP contribution >= 0.6 is 0 Å². The first-order chi connectivity index (χ1) is 12.4. The average molecular weight is 386 g/mol. The summed E-state index contributed by atoms with van der Waals surface area (Å²) in [6.07, 6.45) is 1.38. The second-order valence-electron chi connectivity index (χ2n) is 9.52. The Morgan fingerprint density at radius 1 is 1.22 bits per heavy atom. The highest BCUT2D eigenvalue weighted by Gasteiger charge is 2.47. The fourth-order valence-electron chi connectivity index (χ4n) is 4.91. The number of ether oxygens (including phenoxy) is 2. The summed E-state index contributed by atoms with van der Waals surface area (Å²) in [7, 11) is 1.93. The van der Waals surface area contributed by atoms with Gasteiger partial charge in [0.15, 0.2) is 0 Å². The molecule has 0 amide bonds. The molecule has 3 aliphatic heterocycles. The summed E-state index contributed by atoms with van der Waals surface area (Å²) >= 11 is 0. The fourth-order valence-corrected chi connectivity index (χ4v) is 4.91. The van der Waals surface area contributed by atoms with E-state index in [1.54, 1.807) is 6.92 Å². The minimum Gasteiger partial charge on any atom is -0.459 e. The molecule has 0 aliphatic carbocycles. The van der Waals surface area contributed by atoms with Crippen LogP contribution in [0.15, 0.2) is 0 Å². The van der Waals surface area contributed by atoms with Crippen molar-refractivity contribution in [3.05, 3.63) is 0 Å². The van der Waals surface area contributed by atoms with Gasteiger partial charge in [-0.1, -0.05) is 20.8 Å². The second-order valence-corrected chi connectivity index (χ2v) is 9.52. The summed E-state index contributed by atoms with van der Waals surface area (Å²) in [5, 5.41) is 21.9. The van der Waals surface area contributed by atoms with Crippen LogP contribution in [-0.4, -0.2) is 70.2 Å². The number of carbonyl (C=O) groups excluding carboxylic acids is 1. The lowest BCUT2D eigenvalue weighted by Gasteiger charge is -2.49. The van der Waals surface area contributed by atoms with Crippen molar-refractivity contribution in [2.45, 2.75) is 103 Å². The molecule has 0 radical (unpaired) electrons. The van der Waals surface area contributed by atoms with Gasteiger partial charge >= 0.3 is 5.97 Å². The highest BCUT2D eigenvalue weighted by atomic mass is 16.6. The van der Waals surface area contributed by atoms with Gasteiger partial charge in [0.05, 0.1) is 17.6 Å². The molecule has 6 nitrogen and oxygen atoms in total. The third-order valence-electron chi connectivity index (χ3n) is 6.57. The van der Waals surface area contributed by atoms with Crippen molar-refractivity contribution in [1.82, 2.24) is 4.90 Å². The summed E-state index contributed by atoms with van der Waals surface area (Å²) in [6.45, 7) is 12.2. The lowest BCUT2D eigenvalue weighted by atomic mass is 9.80. The molecule has 0 unspecified atom stereocenters. The molecule has 0 aromatic carbocycles. The number of carbonyl (C=O) groups is 1. The molecule has 2 bridgehead atoms. The smallest absolute Gasteiger partial charge is 0.309 e. The van der Waals surface area contributed by atoms with Crippen molar-refractivity contribution >= 4 is 5.97 Å². The van der Waals surface area contributed by atoms with Crippen LogP contribution in [0.25, 0.3) is 0 Å². The number of aliphatic hydroxyl groups is 2. The quantitative estimate of drug-likeness (QED) is 0.675. The lowest BCUT2D eigenvalue weighted by Crippen LogP contribution is -2.60. The fraction of sp³-hybridized carbons (Fsp3) is 0.952. The maximum absolute atomic E-state index is 12.6. The Bertz CT molecular complexity index is 517. The van der Waals surface area contributed by atoms with E-state index in [0.717, 1.165) is 19.3 Å². The van der Waals surface area contributed by atoms with Gasteiger partial charge in [-0.15, -0.1) is 0 Å². The molecule has 0 aromatic rings. The van der Waals surface area contributed by atoms with Gasteiger partial charge in [-0.3, -0.25) is 9.69 Å². The number of aliphatic hydroxyl groups excluding tert-OH is 1. The largest absolute Gasteiger partial charge is 0.459 e. The van der Waals surface area contributed by atoms with Gasteiger partial charge in [0.25, 0.3) is 0 Å². The zero-order valence-corrected chi connectivity index (χ0v) is 18.1. The van der Waals surface area contributed by atoms with Crippen LogP contribution in [0.4, 0.5) is 0 Å². The Kier molecular flexibility index (Phi) is 6.99. The van der Waals surface area contributed by atoms with E-state index >= 15 is 0 Å². The maximum atomic E-state index is 12.6. The zero-order valence-electron chi connectivity index (χ0n) is 18.1. The van der Waals surface area contributed by atoms with Crippen LogP contribution in [0.2, 0.25) is 0 Å². The zero-order chi connectivity index (χ0) is 20.6. The van der Waals surface area contributed by atoms with Crippen molar-refractivity contribution < 1.29 is 24.5 Å². The van der Waals surface area contributed by atoms with Crippen molar-refractivity contribution in [3.8, 4) is 0 Å². The van der Waals surface area contributed by atoms with E-state index in [4.69, 9.17) is 9.47 Å². The van der Waals surface area contributed by atoms with Crippen molar-refractivity contribution in [1.29, 1.82) is 0 Å². The van der Waals surface area contributed by atoms with Crippen LogP contribution in [0.1, 0.15) is 67.2 Å². The summed E-state index contributed by atoms with van der Waals surface area (Å²) in [5.41, 5.74) is -1.67. The number of likely N-dealkylation sites (N-methyl/N-ethyl adjacent to an activating group) is 1. The normalized spacial score (nSPS) is 48.1. The van der Waals surface area contributed by atoms with Gasteiger partial charge in [-0.05, 0) is 53.0 Å². The predicted molar refractivity (Wildman–Crippen MR) is 104 cm³/mol. The summed E-state index contributed by atoms with van der Waals surface area (Å²) in [4.78, 5) is 14.6. The van der Waals surface area contributed by atoms with Gasteiger partial charge in [0, 0.05) is 19.0 Å². The molecule has 158 valence electrons. The molecular formula is C21H39NO5. The van der Waals surface area contributed by atoms with Gasteiger partial charge in [0.1, 0.15) is 17.8 Å². The Balaban J connectivity index is 2.25. The van der Waals surface area contributed by atoms with Crippen molar-refractivity contribution in [2.24, 2.45) is 11.8 Å². The number of nitrogens with zero attached hydrogens (tertiary/aromatic N) is 1. The summed E-state index contributed by atoms with van der Waals surface area (Å²) < 4.78 is 11.9. The van der Waals surface area contributed by atoms with Crippen LogP contribution in [-0.2, 0) is 14.3 Å². The average Bonchev–Trinajstić information content (AvgIpc) is 2.55. The number of esters is 1. The summed E-state index contributed by atoms with van der Waals surface area (Å²) in [6, 6.07) is -0.301. The molecule has 6 heteroatoms. The van der Waals surface area contributed by atoms with Crippen molar-refractivity contribution in [2.75, 3.05) is 13.6 Å². The number of rotatable bonds is 1. The van der Waals surface area contributed by atoms with Gasteiger partial charge in [-0.2, -0.15) is 0 Å². The van der Waals surface area contributed by atoms with E-state index in [9.17, 15) is 15.0 Å². The van der Waals surface area contributed by atoms with E-state index in [0.29, 0.717) is 18.9 Å². The number of hydrogen-bond acceptors (Lipinski definition) is 6. The van der Waals surface area contributed by atoms with E-state index in [-0.39, 0.29) is 29.6 Å². The third kappa shape index (κ3) is 5.03. The van der Waals surface area contributed by atoms with Gasteiger partial charge in [0.2, 0.25) is 0 Å². The minimum absolute atomic E-state index is 0.134. The van der Waals surface area contributed by atoms with Crippen LogP contribution in [0.3, 0.4) is 0 Å². The Morgan fingerprint density at radius 2 is 1.81 bits per heavy atom. The lowest BCUT2D eigenvalue weighted by molar-refractivity contribution is -0.214. The highest BCUT2D eigenvalue weighted by molar-refractivity contribution is 5.72. The number of hydrogen-bond donors (Lipinski definition) is 2. The second kappa shape index (κ2) is 8.36. The summed E-state index contributed by atoms with van der Waals surface area (Å²) in [5.74, 6) is -0.229. The Labute approximate surface area is 164 Å². The Morgan fingerprint density at radius 3 is 2.37 bits per heavy atom. The van der Waals surface area contributed by atoms with E-state index < -0.39 is 17.8 Å². The molecule has 0 spiro atoms. The molecule has 3 rings (SSSR count). The van der Waals surface area contributed by atoms with Gasteiger partial charge < -0.3 is 19.7 Å². The molecule has 3 aliphatic rings.